The lowest BCUT2D eigenvalue weighted by Crippen LogP contribution is -2.22. The zero-order valence-electron chi connectivity index (χ0n) is 12.4. The Bertz CT molecular complexity index is 686. The molecule has 0 aliphatic rings. The van der Waals surface area contributed by atoms with Crippen LogP contribution in [-0.4, -0.2) is 38.0 Å². The number of carbonyl (C=O) groups excluding carboxylic acids is 2. The van der Waals surface area contributed by atoms with Gasteiger partial charge in [0.2, 0.25) is 0 Å². The molecule has 112 valence electrons. The maximum Gasteiger partial charge on any atom is 0.342 e. The number of nitrogens with one attached hydrogen (secondary N) is 1. The van der Waals surface area contributed by atoms with Gasteiger partial charge in [0.1, 0.15) is 11.4 Å². The topological polar surface area (TPSA) is 91.0 Å². The summed E-state index contributed by atoms with van der Waals surface area (Å²) in [6, 6.07) is 1.73. The second kappa shape index (κ2) is 5.78. The average Bonchev–Trinajstić information content (AvgIpc) is 2.91. The van der Waals surface area contributed by atoms with Gasteiger partial charge in [0.25, 0.3) is 5.91 Å². The number of anilines is 1. The summed E-state index contributed by atoms with van der Waals surface area (Å²) >= 11 is 0. The number of amides is 1. The van der Waals surface area contributed by atoms with Crippen LogP contribution in [0.4, 0.5) is 5.82 Å². The van der Waals surface area contributed by atoms with E-state index in [1.54, 1.807) is 36.4 Å². The molecule has 0 bridgehead atoms. The predicted octanol–water partition coefficient (Wildman–Crippen LogP) is 0.566. The highest BCUT2D eigenvalue weighted by atomic mass is 16.5. The Labute approximate surface area is 121 Å². The lowest BCUT2D eigenvalue weighted by Gasteiger charge is -2.06. The van der Waals surface area contributed by atoms with Crippen molar-refractivity contribution in [1.29, 1.82) is 0 Å². The third-order valence-electron chi connectivity index (χ3n) is 3.06. The van der Waals surface area contributed by atoms with E-state index < -0.39 is 11.9 Å². The molecule has 0 aliphatic carbocycles. The molecule has 8 nitrogen and oxygen atoms in total. The smallest absolute Gasteiger partial charge is 0.342 e. The standard InChI is InChI=1S/C13H17N5O3/c1-8-5-11(18(4)16-8)15-12(19)7-21-13(20)10-6-14-17(3)9(10)2/h5-6H,7H2,1-4H3,(H,15,19). The van der Waals surface area contributed by atoms with Gasteiger partial charge in [0, 0.05) is 25.9 Å². The minimum atomic E-state index is -0.572. The fourth-order valence-corrected chi connectivity index (χ4v) is 1.81. The molecule has 1 amide bonds. The number of ether oxygens (including phenoxy) is 1. The number of aryl methyl sites for hydroxylation is 3. The van der Waals surface area contributed by atoms with E-state index in [0.29, 0.717) is 17.1 Å². The van der Waals surface area contributed by atoms with Crippen LogP contribution in [0.5, 0.6) is 0 Å². The Kier molecular flexibility index (Phi) is 4.06. The Balaban J connectivity index is 1.91. The highest BCUT2D eigenvalue weighted by Crippen LogP contribution is 2.09. The third-order valence-corrected chi connectivity index (χ3v) is 3.06. The number of hydrogen-bond donors (Lipinski definition) is 1. The van der Waals surface area contributed by atoms with Gasteiger partial charge in [-0.15, -0.1) is 0 Å². The molecule has 1 N–H and O–H groups in total. The summed E-state index contributed by atoms with van der Waals surface area (Å²) in [4.78, 5) is 23.6. The van der Waals surface area contributed by atoms with Crippen LogP contribution in [0.15, 0.2) is 12.3 Å². The van der Waals surface area contributed by atoms with Crippen LogP contribution in [0.1, 0.15) is 21.7 Å². The number of esters is 1. The fourth-order valence-electron chi connectivity index (χ4n) is 1.81. The summed E-state index contributed by atoms with van der Waals surface area (Å²) in [7, 11) is 3.44. The van der Waals surface area contributed by atoms with Gasteiger partial charge in [-0.3, -0.25) is 14.2 Å². The van der Waals surface area contributed by atoms with Gasteiger partial charge in [0.05, 0.1) is 11.9 Å². The zero-order chi connectivity index (χ0) is 15.6. The molecular weight excluding hydrogens is 274 g/mol. The summed E-state index contributed by atoms with van der Waals surface area (Å²) in [5.41, 5.74) is 1.82. The first-order valence-corrected chi connectivity index (χ1v) is 6.34. The first-order chi connectivity index (χ1) is 9.88. The van der Waals surface area contributed by atoms with E-state index in [0.717, 1.165) is 5.69 Å². The normalized spacial score (nSPS) is 10.5. The molecule has 0 spiro atoms. The van der Waals surface area contributed by atoms with Crippen LogP contribution >= 0.6 is 0 Å². The summed E-state index contributed by atoms with van der Waals surface area (Å²) in [5, 5.41) is 10.7. The first-order valence-electron chi connectivity index (χ1n) is 6.34. The number of carbonyl (C=O) groups is 2. The SMILES string of the molecule is Cc1cc(NC(=O)COC(=O)c2cnn(C)c2C)n(C)n1. The number of rotatable bonds is 4. The van der Waals surface area contributed by atoms with Crippen LogP contribution in [0.3, 0.4) is 0 Å². The quantitative estimate of drug-likeness (QED) is 0.831. The van der Waals surface area contributed by atoms with Crippen molar-refractivity contribution in [3.05, 3.63) is 29.2 Å². The van der Waals surface area contributed by atoms with Crippen molar-refractivity contribution in [3.63, 3.8) is 0 Å². The first kappa shape index (κ1) is 14.8. The largest absolute Gasteiger partial charge is 0.452 e. The summed E-state index contributed by atoms with van der Waals surface area (Å²) < 4.78 is 8.08. The van der Waals surface area contributed by atoms with Crippen molar-refractivity contribution in [2.24, 2.45) is 14.1 Å². The van der Waals surface area contributed by atoms with Crippen LogP contribution in [0.25, 0.3) is 0 Å². The highest BCUT2D eigenvalue weighted by Gasteiger charge is 2.16. The lowest BCUT2D eigenvalue weighted by molar-refractivity contribution is -0.119. The minimum Gasteiger partial charge on any atom is -0.452 e. The Morgan fingerprint density at radius 1 is 1.29 bits per heavy atom. The highest BCUT2D eigenvalue weighted by molar-refractivity contribution is 5.95. The van der Waals surface area contributed by atoms with E-state index in [4.69, 9.17) is 4.74 Å². The molecule has 2 aromatic heterocycles. The van der Waals surface area contributed by atoms with Crippen molar-refractivity contribution in [2.45, 2.75) is 13.8 Å². The Morgan fingerprint density at radius 2 is 2.00 bits per heavy atom. The zero-order valence-corrected chi connectivity index (χ0v) is 12.4. The Hall–Kier alpha value is -2.64. The summed E-state index contributed by atoms with van der Waals surface area (Å²) in [5.74, 6) is -0.448. The Morgan fingerprint density at radius 3 is 2.52 bits per heavy atom. The molecule has 0 atom stereocenters. The number of aromatic nitrogens is 4. The maximum atomic E-state index is 11.8. The van der Waals surface area contributed by atoms with Gasteiger partial charge in [-0.25, -0.2) is 4.79 Å². The monoisotopic (exact) mass is 291 g/mol. The molecule has 0 saturated heterocycles. The fraction of sp³-hybridized carbons (Fsp3) is 0.385. The van der Waals surface area contributed by atoms with E-state index in [-0.39, 0.29) is 6.61 Å². The van der Waals surface area contributed by atoms with Crippen molar-refractivity contribution in [3.8, 4) is 0 Å². The number of nitrogens with zero attached hydrogens (tertiary/aromatic N) is 4. The predicted molar refractivity (Wildman–Crippen MR) is 74.8 cm³/mol. The van der Waals surface area contributed by atoms with Gasteiger partial charge in [-0.05, 0) is 13.8 Å². The molecule has 8 heteroatoms. The van der Waals surface area contributed by atoms with Crippen molar-refractivity contribution >= 4 is 17.7 Å². The van der Waals surface area contributed by atoms with Gasteiger partial charge in [0.15, 0.2) is 6.61 Å². The van der Waals surface area contributed by atoms with Crippen LogP contribution < -0.4 is 5.32 Å². The van der Waals surface area contributed by atoms with Crippen LogP contribution in [0.2, 0.25) is 0 Å². The van der Waals surface area contributed by atoms with Gasteiger partial charge < -0.3 is 10.1 Å². The summed E-state index contributed by atoms with van der Waals surface area (Å²) in [6.45, 7) is 3.21. The summed E-state index contributed by atoms with van der Waals surface area (Å²) in [6.07, 6.45) is 1.42. The molecule has 0 aliphatic heterocycles. The molecule has 0 unspecified atom stereocenters. The average molecular weight is 291 g/mol. The molecule has 2 heterocycles. The molecular formula is C13H17N5O3. The van der Waals surface area contributed by atoms with E-state index in [9.17, 15) is 9.59 Å². The molecule has 0 aromatic carbocycles. The minimum absolute atomic E-state index is 0.349. The maximum absolute atomic E-state index is 11.8. The van der Waals surface area contributed by atoms with Gasteiger partial charge >= 0.3 is 5.97 Å². The van der Waals surface area contributed by atoms with E-state index >= 15 is 0 Å². The molecule has 0 radical (unpaired) electrons. The van der Waals surface area contributed by atoms with E-state index in [1.165, 1.54) is 6.20 Å². The molecule has 0 fully saturated rings. The molecule has 0 saturated carbocycles. The third kappa shape index (κ3) is 3.28. The van der Waals surface area contributed by atoms with Crippen LogP contribution in [-0.2, 0) is 23.6 Å². The van der Waals surface area contributed by atoms with Crippen molar-refractivity contribution in [1.82, 2.24) is 19.6 Å². The van der Waals surface area contributed by atoms with Crippen LogP contribution in [0, 0.1) is 13.8 Å². The molecule has 21 heavy (non-hydrogen) atoms. The molecule has 2 rings (SSSR count). The van der Waals surface area contributed by atoms with E-state index in [2.05, 4.69) is 15.5 Å². The van der Waals surface area contributed by atoms with E-state index in [1.807, 2.05) is 6.92 Å². The van der Waals surface area contributed by atoms with Gasteiger partial charge in [-0.2, -0.15) is 10.2 Å². The van der Waals surface area contributed by atoms with Gasteiger partial charge in [-0.1, -0.05) is 0 Å². The second-order valence-corrected chi connectivity index (χ2v) is 4.69. The molecule has 2 aromatic rings. The number of hydrogen-bond acceptors (Lipinski definition) is 5. The second-order valence-electron chi connectivity index (χ2n) is 4.69. The van der Waals surface area contributed by atoms with Crippen molar-refractivity contribution in [2.75, 3.05) is 11.9 Å². The lowest BCUT2D eigenvalue weighted by atomic mass is 10.3. The van der Waals surface area contributed by atoms with Crippen molar-refractivity contribution < 1.29 is 14.3 Å².